The highest BCUT2D eigenvalue weighted by atomic mass is 15.1. The van der Waals surface area contributed by atoms with E-state index in [1.54, 1.807) is 0 Å². The number of benzene rings is 5. The minimum atomic E-state index is 1.14. The summed E-state index contributed by atoms with van der Waals surface area (Å²) in [6.07, 6.45) is 0. The third kappa shape index (κ3) is 5.35. The first kappa shape index (κ1) is 25.0. The minimum absolute atomic E-state index is 1.14. The molecule has 4 heteroatoms. The molecule has 38 heavy (non-hydrogen) atoms. The second kappa shape index (κ2) is 11.1. The molecule has 4 nitrogen and oxygen atoms in total. The number of anilines is 8. The fraction of sp³-hybridized carbons (Fsp3) is 0.118. The van der Waals surface area contributed by atoms with Gasteiger partial charge in [-0.05, 0) is 97.1 Å². The first-order valence-electron chi connectivity index (χ1n) is 12.9. The summed E-state index contributed by atoms with van der Waals surface area (Å²) in [4.78, 5) is 8.82. The Kier molecular flexibility index (Phi) is 7.32. The molecular weight excluding hydrogens is 464 g/mol. The quantitative estimate of drug-likeness (QED) is 0.212. The lowest BCUT2D eigenvalue weighted by atomic mass is 10.2. The molecule has 0 saturated heterocycles. The minimum Gasteiger partial charge on any atom is -0.345 e. The molecule has 0 amide bonds. The maximum atomic E-state index is 2.21. The number of hydrogen-bond acceptors (Lipinski definition) is 4. The number of nitrogens with zero attached hydrogens (tertiary/aromatic N) is 4. The molecule has 0 unspecified atom stereocenters. The van der Waals surface area contributed by atoms with E-state index >= 15 is 0 Å². The fourth-order valence-electron chi connectivity index (χ4n) is 4.60. The maximum absolute atomic E-state index is 2.21. The van der Waals surface area contributed by atoms with Gasteiger partial charge in [0.15, 0.2) is 0 Å². The van der Waals surface area contributed by atoms with Crippen LogP contribution in [0.4, 0.5) is 45.5 Å². The zero-order valence-electron chi connectivity index (χ0n) is 22.5. The second-order valence-electron chi connectivity index (χ2n) is 9.46. The van der Waals surface area contributed by atoms with Crippen molar-refractivity contribution in [2.45, 2.75) is 0 Å². The molecule has 0 radical (unpaired) electrons. The van der Waals surface area contributed by atoms with Gasteiger partial charge in [0.1, 0.15) is 0 Å². The lowest BCUT2D eigenvalue weighted by molar-refractivity contribution is 1.17. The predicted molar refractivity (Wildman–Crippen MR) is 164 cm³/mol. The molecule has 0 aliphatic carbocycles. The van der Waals surface area contributed by atoms with Gasteiger partial charge in [0, 0.05) is 73.7 Å². The van der Waals surface area contributed by atoms with Crippen LogP contribution in [0, 0.1) is 0 Å². The van der Waals surface area contributed by atoms with E-state index in [0.29, 0.717) is 0 Å². The average Bonchev–Trinajstić information content (AvgIpc) is 3.00. The molecule has 0 bridgehead atoms. The molecule has 5 aromatic carbocycles. The van der Waals surface area contributed by atoms with Crippen LogP contribution in [0.3, 0.4) is 0 Å². The smallest absolute Gasteiger partial charge is 0.0409 e. The summed E-state index contributed by atoms with van der Waals surface area (Å²) in [5, 5.41) is 0. The van der Waals surface area contributed by atoms with Crippen molar-refractivity contribution in [2.75, 3.05) is 47.8 Å². The highest BCUT2D eigenvalue weighted by molar-refractivity contribution is 5.72. The van der Waals surface area contributed by atoms with Crippen LogP contribution in [0.15, 0.2) is 133 Å². The van der Waals surface area contributed by atoms with Crippen molar-refractivity contribution < 1.29 is 0 Å². The molecule has 0 spiro atoms. The van der Waals surface area contributed by atoms with Gasteiger partial charge >= 0.3 is 0 Å². The van der Waals surface area contributed by atoms with Gasteiger partial charge in [-0.1, -0.05) is 36.4 Å². The van der Waals surface area contributed by atoms with E-state index in [0.717, 1.165) is 34.1 Å². The van der Waals surface area contributed by atoms with Crippen molar-refractivity contribution in [1.82, 2.24) is 0 Å². The number of para-hydroxylation sites is 2. The third-order valence-corrected chi connectivity index (χ3v) is 7.16. The maximum Gasteiger partial charge on any atom is 0.0409 e. The van der Waals surface area contributed by atoms with Crippen molar-refractivity contribution >= 4 is 45.5 Å². The van der Waals surface area contributed by atoms with E-state index in [4.69, 9.17) is 0 Å². The van der Waals surface area contributed by atoms with Crippen LogP contribution in [-0.2, 0) is 0 Å². The predicted octanol–water partition coefficient (Wildman–Crippen LogP) is 8.76. The Bertz CT molecular complexity index is 1320. The Hall–Kier alpha value is -4.70. The molecule has 190 valence electrons. The fourth-order valence-corrected chi connectivity index (χ4v) is 4.60. The van der Waals surface area contributed by atoms with E-state index in [9.17, 15) is 0 Å². The average molecular weight is 499 g/mol. The van der Waals surface area contributed by atoms with Gasteiger partial charge in [-0.2, -0.15) is 0 Å². The van der Waals surface area contributed by atoms with Crippen LogP contribution in [0.25, 0.3) is 0 Å². The largest absolute Gasteiger partial charge is 0.345 e. The molecule has 0 N–H and O–H groups in total. The Morgan fingerprint density at radius 1 is 0.237 bits per heavy atom. The van der Waals surface area contributed by atoms with Gasteiger partial charge in [-0.15, -0.1) is 0 Å². The first-order valence-corrected chi connectivity index (χ1v) is 12.9. The molecule has 0 aliphatic rings. The zero-order valence-corrected chi connectivity index (χ0v) is 22.5. The van der Waals surface area contributed by atoms with Crippen molar-refractivity contribution in [1.29, 1.82) is 0 Å². The van der Waals surface area contributed by atoms with Gasteiger partial charge in [0.2, 0.25) is 0 Å². The standard InChI is InChI=1S/C34H34N4/c1-35(27-11-7-5-8-12-27)29-15-19-31(20-16-29)37(3)33-23-25-34(26-24-33)38(4)32-21-17-30(18-22-32)36(2)28-13-9-6-10-14-28/h5-26H,1-4H3. The Morgan fingerprint density at radius 3 is 0.579 bits per heavy atom. The van der Waals surface area contributed by atoms with Crippen LogP contribution in [0.5, 0.6) is 0 Å². The van der Waals surface area contributed by atoms with Crippen molar-refractivity contribution in [3.8, 4) is 0 Å². The molecule has 0 aromatic heterocycles. The Balaban J connectivity index is 1.25. The molecule has 5 aromatic rings. The summed E-state index contributed by atoms with van der Waals surface area (Å²) >= 11 is 0. The van der Waals surface area contributed by atoms with E-state index in [-0.39, 0.29) is 0 Å². The van der Waals surface area contributed by atoms with E-state index in [1.807, 2.05) is 12.1 Å². The molecule has 0 aliphatic heterocycles. The molecular formula is C34H34N4. The van der Waals surface area contributed by atoms with Gasteiger partial charge in [-0.3, -0.25) is 0 Å². The number of rotatable bonds is 8. The SMILES string of the molecule is CN(c1ccccc1)c1ccc(N(C)c2ccc(N(C)c3ccc(N(C)c4ccccc4)cc3)cc2)cc1. The normalized spacial score (nSPS) is 10.6. The van der Waals surface area contributed by atoms with E-state index < -0.39 is 0 Å². The molecule has 0 fully saturated rings. The van der Waals surface area contributed by atoms with Gasteiger partial charge < -0.3 is 19.6 Å². The summed E-state index contributed by atoms with van der Waals surface area (Å²) in [7, 11) is 8.41. The van der Waals surface area contributed by atoms with Crippen LogP contribution in [0.1, 0.15) is 0 Å². The van der Waals surface area contributed by atoms with Crippen molar-refractivity contribution in [3.63, 3.8) is 0 Å². The monoisotopic (exact) mass is 498 g/mol. The topological polar surface area (TPSA) is 13.0 Å². The Morgan fingerprint density at radius 2 is 0.395 bits per heavy atom. The molecule has 0 atom stereocenters. The van der Waals surface area contributed by atoms with Gasteiger partial charge in [-0.25, -0.2) is 0 Å². The van der Waals surface area contributed by atoms with Gasteiger partial charge in [0.25, 0.3) is 0 Å². The summed E-state index contributed by atoms with van der Waals surface area (Å²) in [6, 6.07) is 46.9. The second-order valence-corrected chi connectivity index (χ2v) is 9.46. The highest BCUT2D eigenvalue weighted by Crippen LogP contribution is 2.32. The van der Waals surface area contributed by atoms with Crippen molar-refractivity contribution in [3.05, 3.63) is 133 Å². The van der Waals surface area contributed by atoms with Crippen LogP contribution in [0.2, 0.25) is 0 Å². The van der Waals surface area contributed by atoms with Crippen LogP contribution >= 0.6 is 0 Å². The molecule has 0 heterocycles. The zero-order chi connectivity index (χ0) is 26.5. The molecule has 5 rings (SSSR count). The summed E-state index contributed by atoms with van der Waals surface area (Å²) in [5.41, 5.74) is 9.25. The van der Waals surface area contributed by atoms with Gasteiger partial charge in [0.05, 0.1) is 0 Å². The van der Waals surface area contributed by atoms with E-state index in [2.05, 4.69) is 169 Å². The van der Waals surface area contributed by atoms with Crippen LogP contribution in [-0.4, -0.2) is 28.2 Å². The third-order valence-electron chi connectivity index (χ3n) is 7.16. The lowest BCUT2D eigenvalue weighted by Crippen LogP contribution is -2.13. The summed E-state index contributed by atoms with van der Waals surface area (Å²) in [6.45, 7) is 0. The first-order chi connectivity index (χ1) is 18.5. The summed E-state index contributed by atoms with van der Waals surface area (Å²) < 4.78 is 0. The molecule has 0 saturated carbocycles. The Labute approximate surface area is 226 Å². The van der Waals surface area contributed by atoms with E-state index in [1.165, 1.54) is 11.4 Å². The van der Waals surface area contributed by atoms with Crippen molar-refractivity contribution in [2.24, 2.45) is 0 Å². The number of hydrogen-bond donors (Lipinski definition) is 0. The lowest BCUT2D eigenvalue weighted by Gasteiger charge is -2.25. The van der Waals surface area contributed by atoms with Crippen LogP contribution < -0.4 is 19.6 Å². The highest BCUT2D eigenvalue weighted by Gasteiger charge is 2.10. The summed E-state index contributed by atoms with van der Waals surface area (Å²) in [5.74, 6) is 0.